The molecule has 0 saturated carbocycles. The zero-order chi connectivity index (χ0) is 55.3. The van der Waals surface area contributed by atoms with Crippen molar-refractivity contribution in [2.24, 2.45) is 0 Å². The van der Waals surface area contributed by atoms with Gasteiger partial charge in [0.1, 0.15) is 0 Å². The minimum atomic E-state index is 0.00460. The molecule has 2 aliphatic heterocycles. The molecule has 0 unspecified atom stereocenters. The monoisotopic (exact) mass is 1030 g/mol. The summed E-state index contributed by atoms with van der Waals surface area (Å²) in [5, 5.41) is 0. The number of benzene rings is 7. The first-order valence-corrected chi connectivity index (χ1v) is 30.3. The first-order chi connectivity index (χ1) is 37.0. The van der Waals surface area contributed by atoms with Crippen molar-refractivity contribution in [1.82, 2.24) is 0 Å². The van der Waals surface area contributed by atoms with Gasteiger partial charge in [-0.3, -0.25) is 0 Å². The van der Waals surface area contributed by atoms with Gasteiger partial charge in [-0.05, 0) is 213 Å². The van der Waals surface area contributed by atoms with Gasteiger partial charge >= 0.3 is 0 Å². The number of para-hydroxylation sites is 2. The van der Waals surface area contributed by atoms with Crippen LogP contribution in [0.1, 0.15) is 204 Å². The summed E-state index contributed by atoms with van der Waals surface area (Å²) in [4.78, 5) is 8.01. The van der Waals surface area contributed by atoms with E-state index in [1.807, 2.05) is 0 Å². The molecule has 0 bridgehead atoms. The van der Waals surface area contributed by atoms with E-state index in [9.17, 15) is 0 Å². The molecule has 4 aliphatic rings. The van der Waals surface area contributed by atoms with Gasteiger partial charge in [-0.2, -0.15) is 0 Å². The maximum atomic E-state index is 2.78. The molecule has 2 aliphatic carbocycles. The van der Waals surface area contributed by atoms with E-state index in [2.05, 4.69) is 246 Å². The Bertz CT molecular complexity index is 3340. The van der Waals surface area contributed by atoms with Crippen molar-refractivity contribution < 1.29 is 0 Å². The van der Waals surface area contributed by atoms with Crippen molar-refractivity contribution in [2.75, 3.05) is 14.7 Å². The van der Waals surface area contributed by atoms with Gasteiger partial charge in [-0.1, -0.05) is 188 Å². The molecule has 0 fully saturated rings. The van der Waals surface area contributed by atoms with E-state index in [0.717, 1.165) is 23.5 Å². The predicted molar refractivity (Wildman–Crippen MR) is 340 cm³/mol. The number of rotatable bonds is 13. The van der Waals surface area contributed by atoms with Crippen LogP contribution in [0.2, 0.25) is 0 Å². The second-order valence-electron chi connectivity index (χ2n) is 28.2. The summed E-state index contributed by atoms with van der Waals surface area (Å²) in [5.74, 6) is 0. The Morgan fingerprint density at radius 1 is 0.449 bits per heavy atom. The fourth-order valence-corrected chi connectivity index (χ4v) is 14.5. The molecule has 0 spiro atoms. The van der Waals surface area contributed by atoms with Gasteiger partial charge in [0.15, 0.2) is 0 Å². The molecule has 0 radical (unpaired) electrons. The van der Waals surface area contributed by atoms with E-state index < -0.39 is 0 Å². The molecule has 7 aromatic rings. The first-order valence-electron chi connectivity index (χ1n) is 30.3. The topological polar surface area (TPSA) is 9.72 Å². The minimum Gasteiger partial charge on any atom is -0.311 e. The highest BCUT2D eigenvalue weighted by Crippen LogP contribution is 2.54. The Morgan fingerprint density at radius 2 is 0.923 bits per heavy atom. The Balaban J connectivity index is 1.25. The van der Waals surface area contributed by atoms with E-state index >= 15 is 0 Å². The van der Waals surface area contributed by atoms with E-state index in [1.165, 1.54) is 171 Å². The molecule has 0 aromatic heterocycles. The van der Waals surface area contributed by atoms with Crippen LogP contribution in [0, 0.1) is 20.8 Å². The predicted octanol–water partition coefficient (Wildman–Crippen LogP) is 19.5. The van der Waals surface area contributed by atoms with Crippen LogP contribution in [0.15, 0.2) is 127 Å². The van der Waals surface area contributed by atoms with Crippen LogP contribution < -0.4 is 31.1 Å². The van der Waals surface area contributed by atoms with E-state index in [4.69, 9.17) is 0 Å². The number of hydrogen-bond acceptors (Lipinski definition) is 3. The Morgan fingerprint density at radius 3 is 1.46 bits per heavy atom. The van der Waals surface area contributed by atoms with Crippen molar-refractivity contribution in [1.29, 1.82) is 0 Å². The zero-order valence-corrected chi connectivity index (χ0v) is 50.5. The molecule has 3 nitrogen and oxygen atoms in total. The summed E-state index contributed by atoms with van der Waals surface area (Å²) in [5.41, 5.74) is 28.7. The maximum absolute atomic E-state index is 2.78. The van der Waals surface area contributed by atoms with E-state index in [0.29, 0.717) is 0 Å². The Hall–Kier alpha value is -6.00. The summed E-state index contributed by atoms with van der Waals surface area (Å²) in [7, 11) is 0. The molecule has 4 heteroatoms. The highest BCUT2D eigenvalue weighted by atomic mass is 15.2. The van der Waals surface area contributed by atoms with Crippen LogP contribution in [0.3, 0.4) is 0 Å². The lowest BCUT2D eigenvalue weighted by Gasteiger charge is -2.48. The third-order valence-corrected chi connectivity index (χ3v) is 19.4. The third kappa shape index (κ3) is 9.43. The normalized spacial score (nSPS) is 17.2. The molecule has 0 N–H and O–H groups in total. The number of unbranched alkanes of at least 4 members (excludes halogenated alkanes) is 6. The zero-order valence-electron chi connectivity index (χ0n) is 50.5. The molecule has 0 amide bonds. The third-order valence-electron chi connectivity index (χ3n) is 19.4. The van der Waals surface area contributed by atoms with Gasteiger partial charge in [-0.15, -0.1) is 0 Å². The standard InChI is InChI=1S/C74H90BN3/c1-16-17-18-19-20-21-24-29-52-43-66-68-67(44-52)78(69-50(3)40-53(41-51(69)4)70(5,6)7)65-48-60-58(72(10,11)37-39-74(60,14)15)46-62(65)75(68)61-35-34-56(76(54-30-25-22-26-31-54)55-32-27-23-28-33-55)45-64(61)77(66)63-47-59-57(42-49(63)2)71(8,9)36-38-73(59,12)13/h22-23,25-28,30-35,40-48H,16-21,24,29,36-39H2,1-15H3. The average Bonchev–Trinajstić information content (AvgIpc) is 1.84. The molecule has 0 saturated heterocycles. The van der Waals surface area contributed by atoms with Crippen LogP contribution in [-0.4, -0.2) is 6.71 Å². The van der Waals surface area contributed by atoms with Gasteiger partial charge in [0, 0.05) is 45.5 Å². The molecule has 404 valence electrons. The number of fused-ring (bicyclic) bond motifs is 6. The second kappa shape index (κ2) is 20.0. The van der Waals surface area contributed by atoms with Crippen molar-refractivity contribution in [3.05, 3.63) is 177 Å². The summed E-state index contributed by atoms with van der Waals surface area (Å²) < 4.78 is 0. The summed E-state index contributed by atoms with van der Waals surface area (Å²) in [6, 6.07) is 50.5. The van der Waals surface area contributed by atoms with E-state index in [1.54, 1.807) is 0 Å². The van der Waals surface area contributed by atoms with Gasteiger partial charge in [0.2, 0.25) is 0 Å². The fraction of sp³-hybridized carbons (Fsp3) is 0.432. The Labute approximate surface area is 472 Å². The lowest BCUT2D eigenvalue weighted by Crippen LogP contribution is -2.62. The van der Waals surface area contributed by atoms with Crippen molar-refractivity contribution in [3.63, 3.8) is 0 Å². The fourth-order valence-electron chi connectivity index (χ4n) is 14.5. The number of aryl methyl sites for hydroxylation is 4. The second-order valence-corrected chi connectivity index (χ2v) is 28.2. The van der Waals surface area contributed by atoms with Crippen molar-refractivity contribution in [2.45, 2.75) is 208 Å². The summed E-state index contributed by atoms with van der Waals surface area (Å²) in [6.07, 6.45) is 14.8. The van der Waals surface area contributed by atoms with Gasteiger partial charge in [-0.25, -0.2) is 0 Å². The molecule has 78 heavy (non-hydrogen) atoms. The average molecular weight is 1030 g/mol. The van der Waals surface area contributed by atoms with Crippen molar-refractivity contribution >= 4 is 74.3 Å². The Kier molecular flexibility index (Phi) is 13.8. The van der Waals surface area contributed by atoms with Crippen LogP contribution in [0.5, 0.6) is 0 Å². The number of anilines is 9. The molecule has 2 heterocycles. The van der Waals surface area contributed by atoms with Crippen LogP contribution >= 0.6 is 0 Å². The molecule has 0 atom stereocenters. The highest BCUT2D eigenvalue weighted by Gasteiger charge is 2.48. The van der Waals surface area contributed by atoms with Gasteiger partial charge in [0.05, 0.1) is 5.69 Å². The van der Waals surface area contributed by atoms with E-state index in [-0.39, 0.29) is 33.8 Å². The molecule has 7 aromatic carbocycles. The summed E-state index contributed by atoms with van der Waals surface area (Å²) in [6.45, 7) is 36.6. The lowest BCUT2D eigenvalue weighted by molar-refractivity contribution is 0.332. The quantitative estimate of drug-likeness (QED) is 0.0842. The van der Waals surface area contributed by atoms with Crippen LogP contribution in [-0.2, 0) is 33.5 Å². The molecule has 11 rings (SSSR count). The largest absolute Gasteiger partial charge is 0.311 e. The van der Waals surface area contributed by atoms with Gasteiger partial charge < -0.3 is 14.7 Å². The maximum Gasteiger partial charge on any atom is 0.252 e. The SMILES string of the molecule is CCCCCCCCCc1cc2c3c(c1)N(c1c(C)cc(C(C)(C)C)cc1C)c1cc4c(cc1B3c1ccc(N(c3ccccc3)c3ccccc3)cc1N2c1cc2c(cc1C)C(C)(C)CCC2(C)C)C(C)(C)CCC4(C)C. The van der Waals surface area contributed by atoms with Crippen LogP contribution in [0.25, 0.3) is 0 Å². The van der Waals surface area contributed by atoms with Gasteiger partial charge in [0.25, 0.3) is 6.71 Å². The van der Waals surface area contributed by atoms with Crippen molar-refractivity contribution in [3.8, 4) is 0 Å². The lowest BCUT2D eigenvalue weighted by atomic mass is 9.33. The minimum absolute atomic E-state index is 0.00460. The molecular weight excluding hydrogens is 942 g/mol. The summed E-state index contributed by atoms with van der Waals surface area (Å²) >= 11 is 0. The number of nitrogens with zero attached hydrogens (tertiary/aromatic N) is 3. The smallest absolute Gasteiger partial charge is 0.252 e. The highest BCUT2D eigenvalue weighted by molar-refractivity contribution is 7.00. The van der Waals surface area contributed by atoms with Crippen LogP contribution in [0.4, 0.5) is 51.2 Å². The number of hydrogen-bond donors (Lipinski definition) is 0. The molecular formula is C74H90BN3. The first kappa shape index (κ1) is 54.0.